The summed E-state index contributed by atoms with van der Waals surface area (Å²) < 4.78 is 0. The van der Waals surface area contributed by atoms with Crippen molar-refractivity contribution >= 4 is 94.5 Å². The standard InChI is InChI=1S/C55H83N13O21/c1-7-9-31(45(79)54(88)58-23-40(74)60-33(15-18-39(56)73)48(82)65-37(25-70)51(85)63-35(22-29-11-13-30(72)14-12-29)50(84)64-36(24-69)46(57)80)61-52(86)38-10-8-21-68(38)55(89)44(27(4)5)67-53(87)43(26(2)3)66-49(83)34(17-20-42(77)78)62-47(81)32(59-28(6)71)16-19-41(75)76/h11-14,26-27,31-38,43-44,69-70,72H,7-10,15-25H2,1-6H3,(H2,56,73)(H2,57,80)(H,58,88)(H,59,71)(H,60,74)(H,61,86)(H,62,81)(H,63,85)(H,64,84)(H,65,82)(H,66,83)(H,67,87)(H,75,76)(H,77,78)/t31-,32-,33+,34-,35-,36-,37+,38?,43-,44-/m0/s1. The van der Waals surface area contributed by atoms with E-state index in [1.165, 1.54) is 43.0 Å². The number of nitrogens with two attached hydrogens (primary N) is 2. The van der Waals surface area contributed by atoms with E-state index in [0.717, 1.165) is 6.92 Å². The molecule has 89 heavy (non-hydrogen) atoms. The molecule has 1 aliphatic rings. The third-order valence-corrected chi connectivity index (χ3v) is 13.8. The van der Waals surface area contributed by atoms with Crippen LogP contribution in [0.1, 0.15) is 111 Å². The molecule has 1 aromatic rings. The number of carbonyl (C=O) groups excluding carboxylic acids is 14. The van der Waals surface area contributed by atoms with E-state index in [1.807, 2.05) is 0 Å². The number of nitrogens with zero attached hydrogens (tertiary/aromatic N) is 1. The molecule has 10 atom stereocenters. The second kappa shape index (κ2) is 37.4. The zero-order valence-electron chi connectivity index (χ0n) is 50.2. The molecule has 1 fully saturated rings. The van der Waals surface area contributed by atoms with Gasteiger partial charge in [-0.2, -0.15) is 0 Å². The van der Waals surface area contributed by atoms with Gasteiger partial charge in [0.25, 0.3) is 5.91 Å². The molecule has 0 spiro atoms. The minimum absolute atomic E-state index is 0.00101. The molecule has 1 heterocycles. The first kappa shape index (κ1) is 75.8. The number of carboxylic acid groups (broad SMARTS) is 2. The second-order valence-corrected chi connectivity index (χ2v) is 21.7. The van der Waals surface area contributed by atoms with Crippen LogP contribution in [0.4, 0.5) is 0 Å². The number of ketones is 1. The number of aliphatic hydroxyl groups is 2. The van der Waals surface area contributed by atoms with E-state index in [-0.39, 0.29) is 50.8 Å². The van der Waals surface area contributed by atoms with E-state index in [1.54, 1.807) is 20.8 Å². The molecule has 494 valence electrons. The number of primary amides is 2. The van der Waals surface area contributed by atoms with Crippen molar-refractivity contribution in [3.05, 3.63) is 29.8 Å². The molecule has 0 bridgehead atoms. The Labute approximate surface area is 511 Å². The number of phenols is 1. The van der Waals surface area contributed by atoms with Crippen LogP contribution in [0.25, 0.3) is 0 Å². The third-order valence-electron chi connectivity index (χ3n) is 13.8. The van der Waals surface area contributed by atoms with E-state index < -0.39 is 219 Å². The third kappa shape index (κ3) is 25.9. The predicted octanol–water partition coefficient (Wildman–Crippen LogP) is -6.43. The molecule has 1 saturated heterocycles. The molecule has 19 N–H and O–H groups in total. The van der Waals surface area contributed by atoms with Gasteiger partial charge in [0.05, 0.1) is 25.8 Å². The topological polar surface area (TPSA) is 550 Å². The van der Waals surface area contributed by atoms with Crippen molar-refractivity contribution < 1.29 is 102 Å². The fraction of sp³-hybridized carbons (Fsp3) is 0.600. The Kier molecular flexibility index (Phi) is 31.8. The zero-order chi connectivity index (χ0) is 67.4. The molecule has 0 aromatic heterocycles. The van der Waals surface area contributed by atoms with Gasteiger partial charge in [-0.05, 0) is 68.1 Å². The second-order valence-electron chi connectivity index (χ2n) is 21.7. The van der Waals surface area contributed by atoms with Gasteiger partial charge in [-0.3, -0.25) is 76.7 Å². The van der Waals surface area contributed by atoms with Gasteiger partial charge < -0.3 is 95.1 Å². The Bertz CT molecular complexity index is 2750. The predicted molar refractivity (Wildman–Crippen MR) is 308 cm³/mol. The smallest absolute Gasteiger partial charge is 0.303 e. The Morgan fingerprint density at radius 3 is 1.54 bits per heavy atom. The van der Waals surface area contributed by atoms with Crippen LogP contribution in [0.3, 0.4) is 0 Å². The fourth-order valence-corrected chi connectivity index (χ4v) is 8.94. The highest BCUT2D eigenvalue weighted by Gasteiger charge is 2.42. The van der Waals surface area contributed by atoms with Crippen molar-refractivity contribution in [1.29, 1.82) is 0 Å². The monoisotopic (exact) mass is 1260 g/mol. The van der Waals surface area contributed by atoms with Gasteiger partial charge in [-0.15, -0.1) is 0 Å². The highest BCUT2D eigenvalue weighted by molar-refractivity contribution is 6.38. The first-order valence-corrected chi connectivity index (χ1v) is 28.6. The number of carboxylic acids is 2. The van der Waals surface area contributed by atoms with E-state index >= 15 is 0 Å². The lowest BCUT2D eigenvalue weighted by Crippen LogP contribution is -2.61. The fourth-order valence-electron chi connectivity index (χ4n) is 8.94. The van der Waals surface area contributed by atoms with Crippen molar-refractivity contribution in [2.45, 2.75) is 173 Å². The number of amides is 13. The Morgan fingerprint density at radius 1 is 0.562 bits per heavy atom. The average molecular weight is 1260 g/mol. The summed E-state index contributed by atoms with van der Waals surface area (Å²) in [5.74, 6) is -18.6. The molecular formula is C55H83N13O21. The van der Waals surface area contributed by atoms with Crippen molar-refractivity contribution in [1.82, 2.24) is 58.1 Å². The van der Waals surface area contributed by atoms with Gasteiger partial charge >= 0.3 is 11.9 Å². The molecule has 34 nitrogen and oxygen atoms in total. The highest BCUT2D eigenvalue weighted by atomic mass is 16.4. The normalized spacial score (nSPS) is 15.8. The van der Waals surface area contributed by atoms with Crippen LogP contribution in [-0.4, -0.2) is 212 Å². The number of phenolic OH excluding ortho intramolecular Hbond substituents is 1. The van der Waals surface area contributed by atoms with E-state index in [0.29, 0.717) is 5.56 Å². The summed E-state index contributed by atoms with van der Waals surface area (Å²) in [4.78, 5) is 209. The summed E-state index contributed by atoms with van der Waals surface area (Å²) in [5, 5.41) is 71.1. The molecule has 0 radical (unpaired) electrons. The number of benzene rings is 1. The number of aromatic hydroxyl groups is 1. The Hall–Kier alpha value is -9.34. The van der Waals surface area contributed by atoms with Crippen LogP contribution >= 0.6 is 0 Å². The van der Waals surface area contributed by atoms with E-state index in [2.05, 4.69) is 53.2 Å². The van der Waals surface area contributed by atoms with Crippen molar-refractivity contribution in [2.24, 2.45) is 23.3 Å². The minimum atomic E-state index is -1.85. The largest absolute Gasteiger partial charge is 0.508 e. The first-order valence-electron chi connectivity index (χ1n) is 28.6. The van der Waals surface area contributed by atoms with Gasteiger partial charge in [0.15, 0.2) is 0 Å². The highest BCUT2D eigenvalue weighted by Crippen LogP contribution is 2.22. The van der Waals surface area contributed by atoms with Crippen molar-refractivity contribution in [3.8, 4) is 5.75 Å². The first-order chi connectivity index (χ1) is 41.7. The summed E-state index contributed by atoms with van der Waals surface area (Å²) >= 11 is 0. The number of hydrogen-bond acceptors (Lipinski definition) is 19. The summed E-state index contributed by atoms with van der Waals surface area (Å²) in [6.07, 6.45) is -2.95. The number of aliphatic carboxylic acids is 2. The molecule has 1 aromatic carbocycles. The Balaban J connectivity index is 2.23. The maximum Gasteiger partial charge on any atom is 0.303 e. The number of likely N-dealkylation sites (tertiary alicyclic amines) is 1. The van der Waals surface area contributed by atoms with Crippen LogP contribution in [0.2, 0.25) is 0 Å². The number of nitrogens with one attached hydrogen (secondary N) is 10. The molecular weight excluding hydrogens is 1180 g/mol. The number of hydrogen-bond donors (Lipinski definition) is 17. The summed E-state index contributed by atoms with van der Waals surface area (Å²) in [6, 6.07) is -9.89. The SMILES string of the molecule is CCC[C@H](NC(=O)C1CCCN1C(=O)[C@@H](NC(=O)[C@@H](NC(=O)[C@H](CCC(=O)O)NC(=O)[C@H](CCC(=O)O)NC(C)=O)C(C)C)C(C)C)C(=O)C(=O)NCC(=O)N[C@H](CCC(N)=O)C(=O)N[C@H](CO)C(=O)N[C@@H](Cc1ccc(O)cc1)C(=O)N[C@@H](CO)C(N)=O. The Morgan fingerprint density at radius 2 is 1.03 bits per heavy atom. The molecule has 1 aliphatic heterocycles. The van der Waals surface area contributed by atoms with Gasteiger partial charge in [0.2, 0.25) is 76.7 Å². The maximum atomic E-state index is 14.3. The van der Waals surface area contributed by atoms with E-state index in [9.17, 15) is 97.1 Å². The van der Waals surface area contributed by atoms with Crippen LogP contribution in [-0.2, 0) is 83.1 Å². The van der Waals surface area contributed by atoms with Crippen molar-refractivity contribution in [3.63, 3.8) is 0 Å². The molecule has 13 amide bonds. The molecule has 2 rings (SSSR count). The summed E-state index contributed by atoms with van der Waals surface area (Å²) in [5.41, 5.74) is 10.9. The van der Waals surface area contributed by atoms with Crippen LogP contribution in [0.5, 0.6) is 5.75 Å². The number of carbonyl (C=O) groups is 16. The summed E-state index contributed by atoms with van der Waals surface area (Å²) in [7, 11) is 0. The van der Waals surface area contributed by atoms with Crippen molar-refractivity contribution in [2.75, 3.05) is 26.3 Å². The number of aliphatic hydroxyl groups excluding tert-OH is 2. The lowest BCUT2D eigenvalue weighted by Gasteiger charge is -2.33. The van der Waals surface area contributed by atoms with Gasteiger partial charge in [0.1, 0.15) is 60.1 Å². The lowest BCUT2D eigenvalue weighted by atomic mass is 9.98. The average Bonchev–Trinajstić information content (AvgIpc) is 2.17. The quantitative estimate of drug-likeness (QED) is 0.0273. The van der Waals surface area contributed by atoms with Crippen LogP contribution in [0, 0.1) is 11.8 Å². The zero-order valence-corrected chi connectivity index (χ0v) is 50.2. The number of Topliss-reactive ketones (excluding diaryl/α,β-unsaturated/α-hetero) is 1. The molecule has 34 heteroatoms. The van der Waals surface area contributed by atoms with Gasteiger partial charge in [-0.1, -0.05) is 53.2 Å². The van der Waals surface area contributed by atoms with E-state index in [4.69, 9.17) is 16.6 Å². The minimum Gasteiger partial charge on any atom is -0.508 e. The molecule has 1 unspecified atom stereocenters. The lowest BCUT2D eigenvalue weighted by molar-refractivity contribution is -0.144. The maximum absolute atomic E-state index is 14.3. The number of rotatable bonds is 39. The van der Waals surface area contributed by atoms with Gasteiger partial charge in [-0.25, -0.2) is 0 Å². The summed E-state index contributed by atoms with van der Waals surface area (Å²) in [6.45, 7) is 5.93. The molecule has 0 aliphatic carbocycles. The van der Waals surface area contributed by atoms with Crippen LogP contribution in [0.15, 0.2) is 24.3 Å². The van der Waals surface area contributed by atoms with Gasteiger partial charge in [0, 0.05) is 39.2 Å². The van der Waals surface area contributed by atoms with Crippen LogP contribution < -0.4 is 64.6 Å². The molecule has 0 saturated carbocycles.